The topological polar surface area (TPSA) is 22.1 Å². The predicted octanol–water partition coefficient (Wildman–Crippen LogP) is 4.96. The summed E-state index contributed by atoms with van der Waals surface area (Å²) in [6, 6.07) is 10.7. The minimum Gasteiger partial charge on any atom is -0.453 e. The van der Waals surface area contributed by atoms with Gasteiger partial charge in [0.2, 0.25) is 5.82 Å². The Morgan fingerprint density at radius 1 is 0.950 bits per heavy atom. The highest BCUT2D eigenvalue weighted by Crippen LogP contribution is 2.34. The summed E-state index contributed by atoms with van der Waals surface area (Å²) in [7, 11) is 0. The standard InChI is InChI=1S/C15H8ClF2NO/c16-15-13-9(7-8-19-15)3-1-5-11(13)20-12-6-2-4-10(17)14(12)18/h1-8H. The molecule has 0 aliphatic rings. The van der Waals surface area contributed by atoms with Crippen molar-refractivity contribution in [1.82, 2.24) is 4.98 Å². The van der Waals surface area contributed by atoms with E-state index >= 15 is 0 Å². The molecule has 0 atom stereocenters. The zero-order valence-corrected chi connectivity index (χ0v) is 10.9. The van der Waals surface area contributed by atoms with E-state index in [2.05, 4.69) is 4.98 Å². The molecule has 0 aliphatic carbocycles. The maximum atomic E-state index is 13.6. The smallest absolute Gasteiger partial charge is 0.201 e. The lowest BCUT2D eigenvalue weighted by atomic mass is 10.1. The lowest BCUT2D eigenvalue weighted by Gasteiger charge is -2.10. The number of pyridine rings is 1. The molecule has 100 valence electrons. The summed E-state index contributed by atoms with van der Waals surface area (Å²) < 4.78 is 32.3. The van der Waals surface area contributed by atoms with E-state index in [0.717, 1.165) is 11.5 Å². The number of nitrogens with zero attached hydrogens (tertiary/aromatic N) is 1. The van der Waals surface area contributed by atoms with Crippen LogP contribution >= 0.6 is 11.6 Å². The quantitative estimate of drug-likeness (QED) is 0.623. The molecule has 0 amide bonds. The summed E-state index contributed by atoms with van der Waals surface area (Å²) in [6.45, 7) is 0. The van der Waals surface area contributed by atoms with Gasteiger partial charge in [-0.25, -0.2) is 9.37 Å². The third-order valence-electron chi connectivity index (χ3n) is 2.84. The monoisotopic (exact) mass is 291 g/mol. The van der Waals surface area contributed by atoms with Gasteiger partial charge in [0.05, 0.1) is 5.39 Å². The summed E-state index contributed by atoms with van der Waals surface area (Å²) >= 11 is 6.04. The van der Waals surface area contributed by atoms with Crippen LogP contribution in [0.4, 0.5) is 8.78 Å². The molecular weight excluding hydrogens is 284 g/mol. The molecule has 1 aromatic heterocycles. The minimum atomic E-state index is -1.04. The highest BCUT2D eigenvalue weighted by molar-refractivity contribution is 6.34. The highest BCUT2D eigenvalue weighted by atomic mass is 35.5. The van der Waals surface area contributed by atoms with Gasteiger partial charge in [-0.1, -0.05) is 29.8 Å². The van der Waals surface area contributed by atoms with Crippen molar-refractivity contribution in [3.8, 4) is 11.5 Å². The van der Waals surface area contributed by atoms with E-state index in [0.29, 0.717) is 11.1 Å². The summed E-state index contributed by atoms with van der Waals surface area (Å²) in [4.78, 5) is 3.97. The van der Waals surface area contributed by atoms with Gasteiger partial charge in [-0.15, -0.1) is 0 Å². The Balaban J connectivity index is 2.14. The second-order valence-corrected chi connectivity index (χ2v) is 4.47. The van der Waals surface area contributed by atoms with E-state index in [1.165, 1.54) is 12.1 Å². The fourth-order valence-corrected chi connectivity index (χ4v) is 2.18. The highest BCUT2D eigenvalue weighted by Gasteiger charge is 2.13. The zero-order valence-electron chi connectivity index (χ0n) is 10.1. The summed E-state index contributed by atoms with van der Waals surface area (Å²) in [5, 5.41) is 1.61. The Bertz CT molecular complexity index is 787. The van der Waals surface area contributed by atoms with Crippen LogP contribution in [0, 0.1) is 11.6 Å². The zero-order chi connectivity index (χ0) is 14.1. The first-order valence-corrected chi connectivity index (χ1v) is 6.20. The average molecular weight is 292 g/mol. The Hall–Kier alpha value is -2.20. The second-order valence-electron chi connectivity index (χ2n) is 4.11. The van der Waals surface area contributed by atoms with Crippen molar-refractivity contribution in [2.75, 3.05) is 0 Å². The van der Waals surface area contributed by atoms with Crippen LogP contribution in [0.1, 0.15) is 0 Å². The van der Waals surface area contributed by atoms with Crippen molar-refractivity contribution < 1.29 is 13.5 Å². The molecule has 0 saturated carbocycles. The Morgan fingerprint density at radius 2 is 1.70 bits per heavy atom. The minimum absolute atomic E-state index is 0.197. The van der Waals surface area contributed by atoms with Crippen molar-refractivity contribution in [3.63, 3.8) is 0 Å². The molecule has 3 rings (SSSR count). The van der Waals surface area contributed by atoms with Crippen LogP contribution in [0.15, 0.2) is 48.7 Å². The Kier molecular flexibility index (Phi) is 3.24. The normalized spacial score (nSPS) is 10.8. The molecule has 0 spiro atoms. The number of fused-ring (bicyclic) bond motifs is 1. The largest absolute Gasteiger partial charge is 0.453 e. The van der Waals surface area contributed by atoms with E-state index in [1.54, 1.807) is 24.4 Å². The molecule has 0 aliphatic heterocycles. The molecule has 3 aromatic rings. The number of rotatable bonds is 2. The van der Waals surface area contributed by atoms with E-state index in [4.69, 9.17) is 16.3 Å². The number of hydrogen-bond acceptors (Lipinski definition) is 2. The molecule has 0 unspecified atom stereocenters. The van der Waals surface area contributed by atoms with Crippen LogP contribution in [0.2, 0.25) is 5.15 Å². The first kappa shape index (κ1) is 12.8. The third kappa shape index (κ3) is 2.18. The molecule has 2 nitrogen and oxygen atoms in total. The SMILES string of the molecule is Fc1cccc(Oc2cccc3ccnc(Cl)c23)c1F. The third-order valence-corrected chi connectivity index (χ3v) is 3.13. The summed E-state index contributed by atoms with van der Waals surface area (Å²) in [5.74, 6) is -1.88. The number of ether oxygens (including phenoxy) is 1. The van der Waals surface area contributed by atoms with Gasteiger partial charge < -0.3 is 4.74 Å². The number of halogens is 3. The van der Waals surface area contributed by atoms with Gasteiger partial charge >= 0.3 is 0 Å². The van der Waals surface area contributed by atoms with E-state index in [9.17, 15) is 8.78 Å². The van der Waals surface area contributed by atoms with Gasteiger partial charge in [-0.3, -0.25) is 0 Å². The van der Waals surface area contributed by atoms with Crippen molar-refractivity contribution in [2.24, 2.45) is 0 Å². The molecule has 0 saturated heterocycles. The van der Waals surface area contributed by atoms with Gasteiger partial charge in [-0.2, -0.15) is 4.39 Å². The average Bonchev–Trinajstić information content (AvgIpc) is 2.44. The van der Waals surface area contributed by atoms with Gasteiger partial charge in [0.25, 0.3) is 0 Å². The molecule has 2 aromatic carbocycles. The van der Waals surface area contributed by atoms with Crippen LogP contribution < -0.4 is 4.74 Å². The predicted molar refractivity (Wildman–Crippen MR) is 73.2 cm³/mol. The van der Waals surface area contributed by atoms with E-state index < -0.39 is 11.6 Å². The molecule has 0 radical (unpaired) electrons. The molecule has 0 N–H and O–H groups in total. The van der Waals surface area contributed by atoms with E-state index in [-0.39, 0.29) is 10.9 Å². The van der Waals surface area contributed by atoms with Crippen LogP contribution in [0.3, 0.4) is 0 Å². The van der Waals surface area contributed by atoms with Gasteiger partial charge in [0, 0.05) is 6.20 Å². The van der Waals surface area contributed by atoms with Crippen molar-refractivity contribution in [1.29, 1.82) is 0 Å². The van der Waals surface area contributed by atoms with Crippen LogP contribution in [-0.4, -0.2) is 4.98 Å². The molecule has 5 heteroatoms. The summed E-state index contributed by atoms with van der Waals surface area (Å²) in [5.41, 5.74) is 0. The fraction of sp³-hybridized carbons (Fsp3) is 0. The number of aromatic nitrogens is 1. The fourth-order valence-electron chi connectivity index (χ4n) is 1.92. The van der Waals surface area contributed by atoms with Crippen molar-refractivity contribution >= 4 is 22.4 Å². The maximum Gasteiger partial charge on any atom is 0.201 e. The van der Waals surface area contributed by atoms with Crippen molar-refractivity contribution in [3.05, 3.63) is 65.4 Å². The molecular formula is C15H8ClF2NO. The number of hydrogen-bond donors (Lipinski definition) is 0. The van der Waals surface area contributed by atoms with Gasteiger partial charge in [0.1, 0.15) is 10.9 Å². The van der Waals surface area contributed by atoms with Crippen LogP contribution in [0.5, 0.6) is 11.5 Å². The van der Waals surface area contributed by atoms with E-state index in [1.807, 2.05) is 6.07 Å². The molecule has 0 bridgehead atoms. The lowest BCUT2D eigenvalue weighted by Crippen LogP contribution is -1.93. The van der Waals surface area contributed by atoms with Crippen LogP contribution in [0.25, 0.3) is 10.8 Å². The second kappa shape index (κ2) is 5.06. The first-order valence-electron chi connectivity index (χ1n) is 5.82. The maximum absolute atomic E-state index is 13.6. The first-order chi connectivity index (χ1) is 9.66. The molecule has 1 heterocycles. The number of benzene rings is 2. The Labute approximate surface area is 118 Å². The van der Waals surface area contributed by atoms with Crippen molar-refractivity contribution in [2.45, 2.75) is 0 Å². The van der Waals surface area contributed by atoms with Gasteiger partial charge in [-0.05, 0) is 29.7 Å². The molecule has 0 fully saturated rings. The van der Waals surface area contributed by atoms with Gasteiger partial charge in [0.15, 0.2) is 11.6 Å². The molecule has 20 heavy (non-hydrogen) atoms. The lowest BCUT2D eigenvalue weighted by molar-refractivity contribution is 0.419. The van der Waals surface area contributed by atoms with Crippen LogP contribution in [-0.2, 0) is 0 Å². The summed E-state index contributed by atoms with van der Waals surface area (Å²) in [6.07, 6.45) is 1.57. The Morgan fingerprint density at radius 3 is 2.55 bits per heavy atom.